The third-order valence-electron chi connectivity index (χ3n) is 10.3. The smallest absolute Gasteiger partial charge is 0.485 e. The highest BCUT2D eigenvalue weighted by atomic mass is 32.2. The number of benzene rings is 3. The Morgan fingerprint density at radius 3 is 1.64 bits per heavy atom. The van der Waals surface area contributed by atoms with Crippen molar-refractivity contribution >= 4 is 40.2 Å². The first-order chi connectivity index (χ1) is 26.9. The summed E-state index contributed by atoms with van der Waals surface area (Å²) in [6.45, 7) is 20.6. The topological polar surface area (TPSA) is 116 Å². The van der Waals surface area contributed by atoms with Gasteiger partial charge in [0.1, 0.15) is 14.1 Å². The normalized spacial score (nSPS) is 16.5. The maximum absolute atomic E-state index is 14.3. The molecule has 6 rings (SSSR count). The number of anilines is 1. The standard InChI is InChI=1S/C25H35NO3P.C19H21NO.CHF3O3S/c1-16(2)28-30(27,29-17(3)4)24-20-12-10-18(5)14-22(20)25(6,7)23-15-19(26(8)9)11-13-21(23)24;1-12-6-8-14-16(10-12)19(2,3)17-11-13(20(4)5)7-9-15(17)18(14)21;2-1(3,4)8(5,6)7/h10-17H,1-9H3;6-11H,1-5H3;(H,5,6,7)/q+1;;/p-1. The summed E-state index contributed by atoms with van der Waals surface area (Å²) >= 11 is 0. The van der Waals surface area contributed by atoms with Crippen LogP contribution in [0.25, 0.3) is 5.31 Å². The zero-order chi connectivity index (χ0) is 44.8. The van der Waals surface area contributed by atoms with Gasteiger partial charge in [0.25, 0.3) is 0 Å². The number of fused-ring (bicyclic) bond motifs is 4. The van der Waals surface area contributed by atoms with Gasteiger partial charge in [-0.15, -0.1) is 0 Å². The van der Waals surface area contributed by atoms with E-state index in [0.29, 0.717) is 5.31 Å². The number of halogens is 3. The molecule has 0 saturated heterocycles. The molecule has 0 fully saturated rings. The molecule has 59 heavy (non-hydrogen) atoms. The molecule has 0 aromatic heterocycles. The lowest BCUT2D eigenvalue weighted by atomic mass is 9.67. The van der Waals surface area contributed by atoms with Gasteiger partial charge in [-0.25, -0.2) is 13.0 Å². The van der Waals surface area contributed by atoms with E-state index in [2.05, 4.69) is 99.6 Å². The van der Waals surface area contributed by atoms with E-state index >= 15 is 0 Å². The first-order valence-corrected chi connectivity index (χ1v) is 22.2. The van der Waals surface area contributed by atoms with Crippen LogP contribution < -0.4 is 4.90 Å². The van der Waals surface area contributed by atoms with E-state index in [1.54, 1.807) is 0 Å². The van der Waals surface area contributed by atoms with Gasteiger partial charge >= 0.3 is 13.1 Å². The zero-order valence-corrected chi connectivity index (χ0v) is 38.0. The second kappa shape index (κ2) is 17.1. The van der Waals surface area contributed by atoms with E-state index < -0.39 is 23.2 Å². The maximum Gasteiger partial charge on any atom is 0.485 e. The molecule has 0 bridgehead atoms. The molecule has 0 unspecified atom stereocenters. The predicted molar refractivity (Wildman–Crippen MR) is 229 cm³/mol. The van der Waals surface area contributed by atoms with E-state index in [1.807, 2.05) is 80.2 Å². The number of ketones is 1. The number of hydrogen-bond donors (Lipinski definition) is 0. The first-order valence-electron chi connectivity index (χ1n) is 19.2. The second-order valence-corrected chi connectivity index (χ2v) is 20.2. The molecule has 0 radical (unpaired) electrons. The number of nitrogens with zero attached hydrogens (tertiary/aromatic N) is 2. The molecule has 0 amide bonds. The summed E-state index contributed by atoms with van der Waals surface area (Å²) in [6.07, 6.45) is 5.90. The maximum atomic E-state index is 14.3. The van der Waals surface area contributed by atoms with Gasteiger partial charge in [-0.2, -0.15) is 13.2 Å². The Hall–Kier alpha value is -4.13. The van der Waals surface area contributed by atoms with Gasteiger partial charge in [0.2, 0.25) is 0 Å². The quantitative estimate of drug-likeness (QED) is 0.104. The number of carbonyl (C=O) groups is 1. The molecule has 0 saturated carbocycles. The summed E-state index contributed by atoms with van der Waals surface area (Å²) in [6, 6.07) is 18.6. The van der Waals surface area contributed by atoms with Gasteiger partial charge in [-0.05, 0) is 99.2 Å². The SMILES string of the molecule is Cc1ccc2c(c1)C(C)(C)C1=CC(=[N+](C)C)C=CC1=C2P(=O)(OC(C)C)OC(C)C.Cc1ccc2c(c1)C(C)(C)c1cc(N(C)C)ccc1C2=O.O=S(=O)([O-])C(F)(F)F. The van der Waals surface area contributed by atoms with Crippen molar-refractivity contribution in [2.45, 2.75) is 97.8 Å². The van der Waals surface area contributed by atoms with Crippen molar-refractivity contribution in [2.75, 3.05) is 33.1 Å². The van der Waals surface area contributed by atoms with Crippen LogP contribution in [0, 0.1) is 13.8 Å². The van der Waals surface area contributed by atoms with Crippen molar-refractivity contribution in [3.05, 3.63) is 128 Å². The predicted octanol–water partition coefficient (Wildman–Crippen LogP) is 10.2. The van der Waals surface area contributed by atoms with Gasteiger partial charge in [-0.3, -0.25) is 9.36 Å². The van der Waals surface area contributed by atoms with Gasteiger partial charge in [0, 0.05) is 53.9 Å². The Kier molecular flexibility index (Phi) is 13.8. The molecule has 0 spiro atoms. The van der Waals surface area contributed by atoms with Crippen molar-refractivity contribution < 1.29 is 49.1 Å². The van der Waals surface area contributed by atoms with Crippen LogP contribution >= 0.6 is 7.60 Å². The third kappa shape index (κ3) is 9.92. The first kappa shape index (κ1) is 47.5. The van der Waals surface area contributed by atoms with Crippen molar-refractivity contribution in [3.63, 3.8) is 0 Å². The van der Waals surface area contributed by atoms with E-state index in [1.165, 1.54) is 11.1 Å². The van der Waals surface area contributed by atoms with Crippen LogP contribution in [0.5, 0.6) is 0 Å². The van der Waals surface area contributed by atoms with Crippen LogP contribution in [0.15, 0.2) is 84.0 Å². The summed E-state index contributed by atoms with van der Waals surface area (Å²) < 4.78 is 87.5. The van der Waals surface area contributed by atoms with E-state index in [4.69, 9.17) is 22.0 Å². The molecule has 9 nitrogen and oxygen atoms in total. The van der Waals surface area contributed by atoms with Crippen LogP contribution in [0.3, 0.4) is 0 Å². The Bertz CT molecular complexity index is 2420. The highest BCUT2D eigenvalue weighted by molar-refractivity contribution is 7.86. The molecule has 0 aliphatic heterocycles. The molecule has 3 aliphatic rings. The molecule has 3 aromatic rings. The fraction of sp³-hybridized carbons (Fsp3) is 0.422. The molecule has 3 aromatic carbocycles. The minimum absolute atomic E-state index is 0.143. The van der Waals surface area contributed by atoms with E-state index in [9.17, 15) is 22.5 Å². The highest BCUT2D eigenvalue weighted by Gasteiger charge is 2.46. The molecular formula is C45H56F3N2O7PS. The van der Waals surface area contributed by atoms with Gasteiger partial charge in [0.05, 0.1) is 17.5 Å². The molecule has 0 atom stereocenters. The summed E-state index contributed by atoms with van der Waals surface area (Å²) in [7, 11) is -1.55. The lowest BCUT2D eigenvalue weighted by Crippen LogP contribution is -2.31. The lowest BCUT2D eigenvalue weighted by Gasteiger charge is -2.40. The second-order valence-electron chi connectivity index (χ2n) is 17.0. The van der Waals surface area contributed by atoms with Crippen molar-refractivity contribution in [1.82, 2.24) is 0 Å². The number of allylic oxidation sites excluding steroid dienone is 5. The minimum Gasteiger partial charge on any atom is -0.741 e. The van der Waals surface area contributed by atoms with Gasteiger partial charge in [0.15, 0.2) is 21.6 Å². The van der Waals surface area contributed by atoms with Crippen LogP contribution in [-0.4, -0.2) is 74.9 Å². The molecule has 14 heteroatoms. The lowest BCUT2D eigenvalue weighted by molar-refractivity contribution is -0.462. The summed E-state index contributed by atoms with van der Waals surface area (Å²) in [5.74, 6) is 0.143. The fourth-order valence-corrected chi connectivity index (χ4v) is 9.73. The number of aryl methyl sites for hydroxylation is 2. The average Bonchev–Trinajstić information content (AvgIpc) is 3.09. The monoisotopic (exact) mass is 856 g/mol. The largest absolute Gasteiger partial charge is 0.741 e. The Labute approximate surface area is 347 Å². The minimum atomic E-state index is -6.09. The Morgan fingerprint density at radius 1 is 0.763 bits per heavy atom. The number of alkyl halides is 3. The fourth-order valence-electron chi connectivity index (χ4n) is 7.38. The molecule has 3 aliphatic carbocycles. The number of carbonyl (C=O) groups excluding carboxylic acids is 1. The van der Waals surface area contributed by atoms with Crippen molar-refractivity contribution in [3.8, 4) is 0 Å². The number of hydrogen-bond acceptors (Lipinski definition) is 8. The van der Waals surface area contributed by atoms with E-state index in [0.717, 1.165) is 55.9 Å². The van der Waals surface area contributed by atoms with Crippen LogP contribution in [-0.2, 0) is 34.6 Å². The third-order valence-corrected chi connectivity index (χ3v) is 13.3. The summed E-state index contributed by atoms with van der Waals surface area (Å²) in [4.78, 5) is 14.9. The van der Waals surface area contributed by atoms with Crippen molar-refractivity contribution in [1.29, 1.82) is 0 Å². The summed E-state index contributed by atoms with van der Waals surface area (Å²) in [5, 5.41) is 0.680. The van der Waals surface area contributed by atoms with E-state index in [-0.39, 0.29) is 28.8 Å². The highest BCUT2D eigenvalue weighted by Crippen LogP contribution is 2.67. The average molecular weight is 857 g/mol. The van der Waals surface area contributed by atoms with Crippen LogP contribution in [0.2, 0.25) is 0 Å². The summed E-state index contributed by atoms with van der Waals surface area (Å²) in [5.41, 5.74) is 6.71. The van der Waals surface area contributed by atoms with Crippen LogP contribution in [0.1, 0.15) is 105 Å². The molecule has 320 valence electrons. The van der Waals surface area contributed by atoms with Gasteiger partial charge < -0.3 is 18.5 Å². The Balaban J connectivity index is 0.000000229. The molecule has 0 N–H and O–H groups in total. The van der Waals surface area contributed by atoms with Crippen molar-refractivity contribution in [2.24, 2.45) is 0 Å². The van der Waals surface area contributed by atoms with Crippen LogP contribution in [0.4, 0.5) is 18.9 Å². The Morgan fingerprint density at radius 2 is 1.20 bits per heavy atom. The number of rotatable bonds is 6. The molecule has 0 heterocycles. The zero-order valence-electron chi connectivity index (χ0n) is 36.3. The molecular weight excluding hydrogens is 801 g/mol. The van der Waals surface area contributed by atoms with Gasteiger partial charge in [-0.1, -0.05) is 75.2 Å².